The number of hydrogen-bond donors (Lipinski definition) is 5. The van der Waals surface area contributed by atoms with Crippen LogP contribution in [0.15, 0.2) is 60.3 Å². The Bertz CT molecular complexity index is 1710. The normalized spacial score (nSPS) is 42.1. The molecule has 3 heterocycles. The largest absolute Gasteiger partial charge is 0.460 e. The Morgan fingerprint density at radius 3 is 2.32 bits per heavy atom. The Morgan fingerprint density at radius 2 is 1.64 bits per heavy atom. The smallest absolute Gasteiger partial charge is 0.329 e. The summed E-state index contributed by atoms with van der Waals surface area (Å²) < 4.78 is 23.8. The fourth-order valence-electron chi connectivity index (χ4n) is 10.5. The molecule has 66 heavy (non-hydrogen) atoms. The van der Waals surface area contributed by atoms with Crippen molar-refractivity contribution >= 4 is 17.7 Å². The van der Waals surface area contributed by atoms with Crippen molar-refractivity contribution in [1.29, 1.82) is 0 Å². The summed E-state index contributed by atoms with van der Waals surface area (Å²) in [6.45, 7) is 17.3. The molecule has 1 saturated carbocycles. The van der Waals surface area contributed by atoms with Gasteiger partial charge >= 0.3 is 5.97 Å². The number of esters is 1. The summed E-state index contributed by atoms with van der Waals surface area (Å²) in [5, 5.41) is 57.3. The predicted molar refractivity (Wildman–Crippen MR) is 255 cm³/mol. The maximum absolute atomic E-state index is 14.4. The minimum atomic E-state index is -2.37. The topological polar surface area (TPSA) is 193 Å². The molecule has 4 rings (SSSR count). The van der Waals surface area contributed by atoms with Gasteiger partial charge in [0.25, 0.3) is 11.7 Å². The summed E-state index contributed by atoms with van der Waals surface area (Å²) in [6, 6.07) is -1.09. The van der Waals surface area contributed by atoms with E-state index in [2.05, 4.69) is 31.7 Å². The van der Waals surface area contributed by atoms with E-state index in [-0.39, 0.29) is 55.1 Å². The van der Waals surface area contributed by atoms with E-state index < -0.39 is 84.1 Å². The van der Waals surface area contributed by atoms with Crippen LogP contribution in [-0.2, 0) is 33.3 Å². The van der Waals surface area contributed by atoms with Gasteiger partial charge in [-0.05, 0) is 126 Å². The second kappa shape index (κ2) is 26.1. The quantitative estimate of drug-likeness (QED) is 0.101. The van der Waals surface area contributed by atoms with E-state index in [1.54, 1.807) is 27.0 Å². The lowest BCUT2D eigenvalue weighted by Gasteiger charge is -2.42. The van der Waals surface area contributed by atoms with Crippen LogP contribution in [0, 0.1) is 41.4 Å². The number of nitrogens with zero attached hydrogens (tertiary/aromatic N) is 1. The number of hydrogen-bond acceptors (Lipinski definition) is 12. The van der Waals surface area contributed by atoms with Crippen LogP contribution >= 0.6 is 0 Å². The van der Waals surface area contributed by atoms with Crippen molar-refractivity contribution in [2.45, 2.75) is 193 Å². The molecule has 5 N–H and O–H groups in total. The van der Waals surface area contributed by atoms with Crippen molar-refractivity contribution in [3.8, 4) is 0 Å². The number of fused-ring (bicyclic) bond motifs is 3. The molecule has 1 aliphatic carbocycles. The van der Waals surface area contributed by atoms with Gasteiger partial charge in [-0.25, -0.2) is 4.79 Å². The van der Waals surface area contributed by atoms with Gasteiger partial charge in [0.2, 0.25) is 5.79 Å². The Balaban J connectivity index is 1.70. The summed E-state index contributed by atoms with van der Waals surface area (Å²) >= 11 is 0. The number of ether oxygens (including phenoxy) is 4. The molecular weight excluding hydrogens is 843 g/mol. The van der Waals surface area contributed by atoms with Crippen LogP contribution < -0.4 is 0 Å². The molecule has 3 fully saturated rings. The molecule has 3 aliphatic heterocycles. The highest BCUT2D eigenvalue weighted by Crippen LogP contribution is 2.37. The summed E-state index contributed by atoms with van der Waals surface area (Å²) in [6.07, 6.45) is 14.5. The van der Waals surface area contributed by atoms with Gasteiger partial charge in [-0.15, -0.1) is 6.58 Å². The molecule has 4 aliphatic rings. The Hall–Kier alpha value is -3.01. The van der Waals surface area contributed by atoms with E-state index in [9.17, 15) is 39.9 Å². The number of aliphatic hydroxyl groups excluding tert-OH is 4. The first-order valence-electron chi connectivity index (χ1n) is 24.8. The van der Waals surface area contributed by atoms with Crippen molar-refractivity contribution in [3.05, 3.63) is 60.3 Å². The number of amides is 1. The predicted octanol–water partition coefficient (Wildman–Crippen LogP) is 6.94. The summed E-state index contributed by atoms with van der Waals surface area (Å²) in [5.41, 5.74) is 1.48. The molecule has 1 amide bonds. The first-order chi connectivity index (χ1) is 31.2. The van der Waals surface area contributed by atoms with Crippen molar-refractivity contribution in [2.75, 3.05) is 20.8 Å². The molecule has 17 unspecified atom stereocenters. The monoisotopic (exact) mass is 928 g/mol. The second-order valence-corrected chi connectivity index (χ2v) is 20.5. The number of methoxy groups -OCH3 is 2. The van der Waals surface area contributed by atoms with E-state index in [4.69, 9.17) is 18.9 Å². The maximum atomic E-state index is 14.4. The lowest BCUT2D eigenvalue weighted by atomic mass is 9.78. The van der Waals surface area contributed by atoms with Gasteiger partial charge < -0.3 is 49.4 Å². The number of cyclic esters (lactones) is 1. The number of aliphatic hydroxyl groups is 5. The molecule has 0 aromatic heterocycles. The van der Waals surface area contributed by atoms with E-state index in [0.717, 1.165) is 12.0 Å². The molecule has 0 aromatic rings. The highest BCUT2D eigenvalue weighted by molar-refractivity contribution is 6.39. The summed E-state index contributed by atoms with van der Waals surface area (Å²) in [7, 11) is 3.05. The van der Waals surface area contributed by atoms with Gasteiger partial charge in [0.1, 0.15) is 24.4 Å². The van der Waals surface area contributed by atoms with Crippen molar-refractivity contribution in [2.24, 2.45) is 41.4 Å². The minimum absolute atomic E-state index is 0.0406. The standard InChI is InChI=1S/C53H85NO12/c1-11-14-39-20-16-32(2)18-23-41-24-19-38(8)53(62,66-41)50(59)51(60)54-26-13-12-15-42(54)52(61)65-45(35(5)29-40-22-25-43(55)46(30-40)63-9)31-44(56)34(4)28-37(7)48(58)49(64-10)47(57)36(6)27-33(3)17-21-39/h11,16-18,20-21,28,33-36,38-49,55-58,62H,1,12-15,19,22-27,29-31H2,2-10H3/b20-16+,21-17+,32-18+,37-28+. The molecule has 0 aromatic carbocycles. The van der Waals surface area contributed by atoms with E-state index in [1.165, 1.54) is 12.0 Å². The van der Waals surface area contributed by atoms with E-state index in [1.807, 2.05) is 45.9 Å². The van der Waals surface area contributed by atoms with Crippen LogP contribution in [0.3, 0.4) is 0 Å². The van der Waals surface area contributed by atoms with Crippen molar-refractivity contribution in [3.63, 3.8) is 0 Å². The lowest BCUT2D eigenvalue weighted by Crippen LogP contribution is -2.60. The van der Waals surface area contributed by atoms with Gasteiger partial charge in [-0.1, -0.05) is 82.7 Å². The Morgan fingerprint density at radius 1 is 0.909 bits per heavy atom. The average molecular weight is 928 g/mol. The molecule has 13 heteroatoms. The van der Waals surface area contributed by atoms with Gasteiger partial charge in [-0.3, -0.25) is 9.59 Å². The zero-order valence-electron chi connectivity index (χ0n) is 41.4. The molecule has 0 radical (unpaired) electrons. The minimum Gasteiger partial charge on any atom is -0.460 e. The Labute approximate surface area is 395 Å². The lowest BCUT2D eigenvalue weighted by molar-refractivity contribution is -0.262. The molecule has 17 atom stereocenters. The van der Waals surface area contributed by atoms with Crippen LogP contribution in [0.4, 0.5) is 0 Å². The third-order valence-corrected chi connectivity index (χ3v) is 15.0. The van der Waals surface area contributed by atoms with E-state index >= 15 is 0 Å². The second-order valence-electron chi connectivity index (χ2n) is 20.5. The SMILES string of the molecule is C=CCC1/C=C/C(C)=C/CC2CCC(C)C(O)(O2)C(=O)C(=O)N2CCCCC2C(=O)OC(C(C)CC2CCC(O)C(OC)C2)CC(O)C(C)/C=C(\C)C(O)C(OC)C(O)C(C)CC(C)/C=C/1. The number of Topliss-reactive ketones (excluding diaryl/α,β-unsaturated/α-hetero) is 1. The zero-order chi connectivity index (χ0) is 48.9. The fourth-order valence-corrected chi connectivity index (χ4v) is 10.5. The third-order valence-electron chi connectivity index (χ3n) is 15.0. The first-order valence-corrected chi connectivity index (χ1v) is 24.8. The van der Waals surface area contributed by atoms with Crippen molar-refractivity contribution < 1.29 is 58.9 Å². The van der Waals surface area contributed by atoms with Crippen LogP contribution in [0.5, 0.6) is 0 Å². The highest BCUT2D eigenvalue weighted by Gasteiger charge is 2.52. The molecular formula is C53H85NO12. The number of piperidine rings is 1. The van der Waals surface area contributed by atoms with Gasteiger partial charge in [0.05, 0.1) is 30.5 Å². The average Bonchev–Trinajstić information content (AvgIpc) is 3.29. The van der Waals surface area contributed by atoms with Gasteiger partial charge in [0.15, 0.2) is 0 Å². The maximum Gasteiger partial charge on any atom is 0.329 e. The molecule has 0 spiro atoms. The molecule has 13 nitrogen and oxygen atoms in total. The van der Waals surface area contributed by atoms with Crippen LogP contribution in [0.25, 0.3) is 0 Å². The summed E-state index contributed by atoms with van der Waals surface area (Å²) in [5.74, 6) is -6.50. The molecule has 2 saturated heterocycles. The fraction of sp³-hybridized carbons (Fsp3) is 0.755. The highest BCUT2D eigenvalue weighted by atomic mass is 16.6. The third kappa shape index (κ3) is 15.0. The number of carbonyl (C=O) groups excluding carboxylic acids is 3. The number of allylic oxidation sites excluding steroid dienone is 6. The Kier molecular flexibility index (Phi) is 22.0. The van der Waals surface area contributed by atoms with Gasteiger partial charge in [-0.2, -0.15) is 0 Å². The number of rotatable bonds is 7. The zero-order valence-corrected chi connectivity index (χ0v) is 41.4. The van der Waals surface area contributed by atoms with E-state index in [0.29, 0.717) is 69.8 Å². The first kappa shape index (κ1) is 55.6. The molecule has 2 bridgehead atoms. The van der Waals surface area contributed by atoms with Crippen LogP contribution in [0.1, 0.15) is 132 Å². The number of carbonyl (C=O) groups is 3. The number of ketones is 1. The summed E-state index contributed by atoms with van der Waals surface area (Å²) in [4.78, 5) is 44.0. The van der Waals surface area contributed by atoms with Gasteiger partial charge in [0, 0.05) is 39.0 Å². The van der Waals surface area contributed by atoms with Crippen LogP contribution in [0.2, 0.25) is 0 Å². The molecule has 374 valence electrons. The van der Waals surface area contributed by atoms with Crippen LogP contribution in [-0.4, -0.2) is 130 Å². The van der Waals surface area contributed by atoms with Crippen molar-refractivity contribution in [1.82, 2.24) is 4.90 Å².